The lowest BCUT2D eigenvalue weighted by Crippen LogP contribution is -2.53. The lowest BCUT2D eigenvalue weighted by atomic mass is 9.49. The van der Waals surface area contributed by atoms with Gasteiger partial charge in [0, 0.05) is 24.9 Å². The molecule has 4 fully saturated rings. The lowest BCUT2D eigenvalue weighted by molar-refractivity contribution is -0.146. The van der Waals surface area contributed by atoms with Crippen molar-refractivity contribution in [3.8, 4) is 11.5 Å². The predicted molar refractivity (Wildman–Crippen MR) is 113 cm³/mol. The molecular weight excluding hydrogens is 404 g/mol. The van der Waals surface area contributed by atoms with Gasteiger partial charge in [-0.2, -0.15) is 0 Å². The third-order valence-electron chi connectivity index (χ3n) is 7.30. The van der Waals surface area contributed by atoms with Gasteiger partial charge in [0.25, 0.3) is 0 Å². The lowest BCUT2D eigenvalue weighted by Gasteiger charge is -2.55. The second kappa shape index (κ2) is 7.95. The summed E-state index contributed by atoms with van der Waals surface area (Å²) in [7, 11) is 0. The van der Waals surface area contributed by atoms with Crippen molar-refractivity contribution < 1.29 is 19.1 Å². The second-order valence-corrected chi connectivity index (χ2v) is 9.99. The molecule has 7 heteroatoms. The van der Waals surface area contributed by atoms with Crippen molar-refractivity contribution in [2.45, 2.75) is 51.5 Å². The number of fused-ring (bicyclic) bond motifs is 1. The predicted octanol–water partition coefficient (Wildman–Crippen LogP) is 3.45. The quantitative estimate of drug-likeness (QED) is 0.721. The van der Waals surface area contributed by atoms with Gasteiger partial charge in [0.15, 0.2) is 11.5 Å². The molecule has 0 unspecified atom stereocenters. The first kappa shape index (κ1) is 20.0. The van der Waals surface area contributed by atoms with Crippen LogP contribution in [0.15, 0.2) is 12.1 Å². The summed E-state index contributed by atoms with van der Waals surface area (Å²) in [4.78, 5) is 25.2. The van der Waals surface area contributed by atoms with Crippen molar-refractivity contribution in [1.29, 1.82) is 0 Å². The van der Waals surface area contributed by atoms with E-state index in [-0.39, 0.29) is 23.7 Å². The van der Waals surface area contributed by atoms with Crippen LogP contribution in [0.1, 0.15) is 50.5 Å². The SMILES string of the molecule is O=C(CCNC(=O)C12CC3CC(CC(C3)C1)C2)NCc1cc(Cl)c2c(c1)OCCO2. The summed E-state index contributed by atoms with van der Waals surface area (Å²) in [5.74, 6) is 3.47. The molecule has 2 N–H and O–H groups in total. The summed E-state index contributed by atoms with van der Waals surface area (Å²) in [5.41, 5.74) is 0.697. The highest BCUT2D eigenvalue weighted by Crippen LogP contribution is 2.60. The van der Waals surface area contributed by atoms with Crippen LogP contribution in [0.5, 0.6) is 11.5 Å². The van der Waals surface area contributed by atoms with Gasteiger partial charge in [-0.3, -0.25) is 9.59 Å². The molecule has 30 heavy (non-hydrogen) atoms. The molecule has 2 amide bonds. The maximum Gasteiger partial charge on any atom is 0.226 e. The first-order valence-corrected chi connectivity index (χ1v) is 11.5. The monoisotopic (exact) mass is 432 g/mol. The van der Waals surface area contributed by atoms with Crippen molar-refractivity contribution in [3.05, 3.63) is 22.7 Å². The zero-order valence-corrected chi connectivity index (χ0v) is 17.9. The Kier molecular flexibility index (Phi) is 5.30. The molecule has 1 aliphatic heterocycles. The number of nitrogens with one attached hydrogen (secondary N) is 2. The average Bonchev–Trinajstić information content (AvgIpc) is 2.71. The van der Waals surface area contributed by atoms with Gasteiger partial charge in [0.05, 0.1) is 5.02 Å². The van der Waals surface area contributed by atoms with Crippen LogP contribution in [0.3, 0.4) is 0 Å². The van der Waals surface area contributed by atoms with Crippen molar-refractivity contribution in [2.24, 2.45) is 23.2 Å². The Morgan fingerprint density at radius 3 is 2.37 bits per heavy atom. The number of benzene rings is 1. The molecule has 0 aromatic heterocycles. The number of hydrogen-bond donors (Lipinski definition) is 2. The van der Waals surface area contributed by atoms with Crippen molar-refractivity contribution in [3.63, 3.8) is 0 Å². The molecule has 0 saturated heterocycles. The highest BCUT2D eigenvalue weighted by molar-refractivity contribution is 6.32. The molecular formula is C23H29ClN2O4. The molecule has 4 saturated carbocycles. The average molecular weight is 433 g/mol. The number of ether oxygens (including phenoxy) is 2. The summed E-state index contributed by atoms with van der Waals surface area (Å²) in [6.45, 7) is 1.72. The van der Waals surface area contributed by atoms with E-state index in [0.29, 0.717) is 42.8 Å². The molecule has 0 spiro atoms. The minimum Gasteiger partial charge on any atom is -0.486 e. The van der Waals surface area contributed by atoms with Gasteiger partial charge < -0.3 is 20.1 Å². The number of hydrogen-bond acceptors (Lipinski definition) is 4. The third kappa shape index (κ3) is 3.86. The van der Waals surface area contributed by atoms with Crippen molar-refractivity contribution in [1.82, 2.24) is 10.6 Å². The number of carbonyl (C=O) groups is 2. The normalized spacial score (nSPS) is 30.8. The van der Waals surface area contributed by atoms with Gasteiger partial charge in [-0.05, 0) is 74.0 Å². The second-order valence-electron chi connectivity index (χ2n) is 9.58. The number of amides is 2. The molecule has 5 aliphatic rings. The third-order valence-corrected chi connectivity index (χ3v) is 7.58. The van der Waals surface area contributed by atoms with Crippen LogP contribution < -0.4 is 20.1 Å². The van der Waals surface area contributed by atoms with Gasteiger partial charge in [-0.25, -0.2) is 0 Å². The van der Waals surface area contributed by atoms with Crippen LogP contribution in [0.2, 0.25) is 5.02 Å². The fraction of sp³-hybridized carbons (Fsp3) is 0.652. The van der Waals surface area contributed by atoms with Gasteiger partial charge in [-0.1, -0.05) is 11.6 Å². The van der Waals surface area contributed by atoms with Crippen molar-refractivity contribution in [2.75, 3.05) is 19.8 Å². The molecule has 0 radical (unpaired) electrons. The summed E-state index contributed by atoms with van der Waals surface area (Å²) in [6, 6.07) is 3.62. The summed E-state index contributed by atoms with van der Waals surface area (Å²) < 4.78 is 11.1. The highest BCUT2D eigenvalue weighted by Gasteiger charge is 2.54. The van der Waals surface area contributed by atoms with E-state index in [1.165, 1.54) is 19.3 Å². The molecule has 6 nitrogen and oxygen atoms in total. The molecule has 162 valence electrons. The molecule has 1 aromatic rings. The Labute approximate surface area is 182 Å². The first-order valence-electron chi connectivity index (χ1n) is 11.1. The maximum atomic E-state index is 12.9. The smallest absolute Gasteiger partial charge is 0.226 e. The first-order chi connectivity index (χ1) is 14.5. The Morgan fingerprint density at radius 1 is 1.00 bits per heavy atom. The fourth-order valence-electron chi connectivity index (χ4n) is 6.42. The Balaban J connectivity index is 1.09. The van der Waals surface area contributed by atoms with Gasteiger partial charge in [0.1, 0.15) is 13.2 Å². The minimum atomic E-state index is -0.160. The van der Waals surface area contributed by atoms with E-state index in [0.717, 1.165) is 42.6 Å². The zero-order valence-electron chi connectivity index (χ0n) is 17.2. The van der Waals surface area contributed by atoms with Gasteiger partial charge in [-0.15, -0.1) is 0 Å². The van der Waals surface area contributed by atoms with E-state index in [1.54, 1.807) is 6.07 Å². The van der Waals surface area contributed by atoms with Crippen LogP contribution in [-0.2, 0) is 16.1 Å². The fourth-order valence-corrected chi connectivity index (χ4v) is 6.71. The summed E-state index contributed by atoms with van der Waals surface area (Å²) in [6.07, 6.45) is 7.36. The zero-order chi connectivity index (χ0) is 20.7. The van der Waals surface area contributed by atoms with E-state index in [1.807, 2.05) is 6.07 Å². The molecule has 4 bridgehead atoms. The molecule has 4 aliphatic carbocycles. The summed E-state index contributed by atoms with van der Waals surface area (Å²) in [5, 5.41) is 6.44. The molecule has 0 atom stereocenters. The van der Waals surface area contributed by atoms with Gasteiger partial charge >= 0.3 is 0 Å². The number of halogens is 1. The van der Waals surface area contributed by atoms with E-state index in [9.17, 15) is 9.59 Å². The van der Waals surface area contributed by atoms with E-state index >= 15 is 0 Å². The number of carbonyl (C=O) groups excluding carboxylic acids is 2. The highest BCUT2D eigenvalue weighted by atomic mass is 35.5. The molecule has 1 heterocycles. The maximum absolute atomic E-state index is 12.9. The van der Waals surface area contributed by atoms with Crippen LogP contribution in [0, 0.1) is 23.2 Å². The molecule has 1 aromatic carbocycles. The van der Waals surface area contributed by atoms with Crippen LogP contribution in [0.4, 0.5) is 0 Å². The largest absolute Gasteiger partial charge is 0.486 e. The van der Waals surface area contributed by atoms with Crippen LogP contribution in [0.25, 0.3) is 0 Å². The van der Waals surface area contributed by atoms with Crippen LogP contribution in [-0.4, -0.2) is 31.6 Å². The van der Waals surface area contributed by atoms with E-state index < -0.39 is 0 Å². The van der Waals surface area contributed by atoms with E-state index in [4.69, 9.17) is 21.1 Å². The minimum absolute atomic E-state index is 0.0909. The topological polar surface area (TPSA) is 76.7 Å². The summed E-state index contributed by atoms with van der Waals surface area (Å²) >= 11 is 6.24. The Morgan fingerprint density at radius 2 is 1.67 bits per heavy atom. The van der Waals surface area contributed by atoms with E-state index in [2.05, 4.69) is 10.6 Å². The Hall–Kier alpha value is -1.95. The molecule has 6 rings (SSSR count). The van der Waals surface area contributed by atoms with Crippen molar-refractivity contribution >= 4 is 23.4 Å². The van der Waals surface area contributed by atoms with Crippen LogP contribution >= 0.6 is 11.6 Å². The Bertz CT molecular complexity index is 821. The number of rotatable bonds is 6. The standard InChI is InChI=1S/C23H29ClN2O4/c24-18-8-17(9-19-21(18)30-4-3-29-19)13-26-20(27)1-2-25-22(28)23-10-14-5-15(11-23)7-16(6-14)12-23/h8-9,14-16H,1-7,10-13H2,(H,25,28)(H,26,27). The van der Waals surface area contributed by atoms with Gasteiger partial charge in [0.2, 0.25) is 11.8 Å².